The van der Waals surface area contributed by atoms with E-state index in [2.05, 4.69) is 31.2 Å². The second-order valence-corrected chi connectivity index (χ2v) is 3.43. The first kappa shape index (κ1) is 10.0. The number of aliphatic hydroxyl groups excluding tert-OH is 1. The Kier molecular flexibility index (Phi) is 3.26. The van der Waals surface area contributed by atoms with Crippen molar-refractivity contribution in [3.05, 3.63) is 41.0 Å². The Hall–Kier alpha value is -1.08. The van der Waals surface area contributed by atoms with Crippen molar-refractivity contribution in [2.75, 3.05) is 6.61 Å². The van der Waals surface area contributed by atoms with Crippen molar-refractivity contribution in [1.29, 1.82) is 0 Å². The van der Waals surface area contributed by atoms with E-state index >= 15 is 0 Å². The lowest BCUT2D eigenvalue weighted by Crippen LogP contribution is -1.90. The number of aryl methyl sites for hydroxylation is 1. The summed E-state index contributed by atoms with van der Waals surface area (Å²) in [5, 5.41) is 8.96. The summed E-state index contributed by atoms with van der Waals surface area (Å²) in [6, 6.07) is 8.35. The minimum Gasteiger partial charge on any atom is -0.392 e. The van der Waals surface area contributed by atoms with Crippen LogP contribution in [0.4, 0.5) is 0 Å². The molecule has 0 unspecified atom stereocenters. The number of aliphatic hydroxyl groups is 1. The molecule has 70 valence electrons. The lowest BCUT2D eigenvalue weighted by Gasteiger charge is -2.05. The molecule has 0 aromatic heterocycles. The van der Waals surface area contributed by atoms with E-state index < -0.39 is 0 Å². The molecular weight excluding hydrogens is 160 g/mol. The molecule has 0 aliphatic heterocycles. The maximum Gasteiger partial charge on any atom is 0.0644 e. The van der Waals surface area contributed by atoms with Gasteiger partial charge in [0.1, 0.15) is 0 Å². The summed E-state index contributed by atoms with van der Waals surface area (Å²) in [7, 11) is 0. The Balaban J connectivity index is 3.02. The van der Waals surface area contributed by atoms with E-state index in [1.54, 1.807) is 0 Å². The summed E-state index contributed by atoms with van der Waals surface area (Å²) in [4.78, 5) is 0. The zero-order valence-corrected chi connectivity index (χ0v) is 8.46. The average molecular weight is 176 g/mol. The molecule has 0 spiro atoms. The van der Waals surface area contributed by atoms with Crippen LogP contribution in [-0.2, 0) is 0 Å². The van der Waals surface area contributed by atoms with Crippen LogP contribution in [0.15, 0.2) is 29.8 Å². The van der Waals surface area contributed by atoms with E-state index in [-0.39, 0.29) is 6.61 Å². The van der Waals surface area contributed by atoms with Gasteiger partial charge in [-0.3, -0.25) is 0 Å². The fourth-order valence-electron chi connectivity index (χ4n) is 1.17. The van der Waals surface area contributed by atoms with Gasteiger partial charge in [0.05, 0.1) is 6.61 Å². The lowest BCUT2D eigenvalue weighted by atomic mass is 10.0. The van der Waals surface area contributed by atoms with Crippen LogP contribution >= 0.6 is 0 Å². The smallest absolute Gasteiger partial charge is 0.0644 e. The van der Waals surface area contributed by atoms with Gasteiger partial charge in [-0.15, -0.1) is 0 Å². The van der Waals surface area contributed by atoms with Crippen molar-refractivity contribution in [1.82, 2.24) is 0 Å². The predicted molar refractivity (Wildman–Crippen MR) is 56.5 cm³/mol. The van der Waals surface area contributed by atoms with Gasteiger partial charge in [-0.25, -0.2) is 0 Å². The Bertz CT molecular complexity index is 306. The first-order valence-electron chi connectivity index (χ1n) is 4.49. The highest BCUT2D eigenvalue weighted by Crippen LogP contribution is 2.17. The third kappa shape index (κ3) is 2.43. The zero-order valence-electron chi connectivity index (χ0n) is 8.46. The molecule has 0 bridgehead atoms. The number of hydrogen-bond donors (Lipinski definition) is 1. The Morgan fingerprint density at radius 1 is 1.15 bits per heavy atom. The van der Waals surface area contributed by atoms with Crippen LogP contribution in [0.3, 0.4) is 0 Å². The van der Waals surface area contributed by atoms with Gasteiger partial charge in [0.25, 0.3) is 0 Å². The molecule has 0 atom stereocenters. The van der Waals surface area contributed by atoms with Crippen LogP contribution in [0.5, 0.6) is 0 Å². The van der Waals surface area contributed by atoms with E-state index in [1.165, 1.54) is 16.7 Å². The Morgan fingerprint density at radius 2 is 1.69 bits per heavy atom. The largest absolute Gasteiger partial charge is 0.392 e. The van der Waals surface area contributed by atoms with Gasteiger partial charge in [-0.05, 0) is 37.5 Å². The molecule has 0 amide bonds. The summed E-state index contributed by atoms with van der Waals surface area (Å²) in [6.45, 7) is 6.20. The normalized spacial score (nSPS) is 12.6. The highest BCUT2D eigenvalue weighted by Gasteiger charge is 1.98. The molecular formula is C12H16O. The minimum atomic E-state index is 0.139. The molecule has 0 heterocycles. The first-order chi connectivity index (χ1) is 6.15. The summed E-state index contributed by atoms with van der Waals surface area (Å²) in [5.41, 5.74) is 4.65. The van der Waals surface area contributed by atoms with Crippen LogP contribution in [-0.4, -0.2) is 11.7 Å². The van der Waals surface area contributed by atoms with Crippen molar-refractivity contribution in [3.63, 3.8) is 0 Å². The molecule has 0 fully saturated rings. The predicted octanol–water partition coefficient (Wildman–Crippen LogP) is 2.78. The van der Waals surface area contributed by atoms with Crippen molar-refractivity contribution >= 4 is 5.57 Å². The molecule has 1 rings (SSSR count). The molecule has 0 saturated heterocycles. The van der Waals surface area contributed by atoms with Crippen molar-refractivity contribution in [3.8, 4) is 0 Å². The van der Waals surface area contributed by atoms with Gasteiger partial charge < -0.3 is 5.11 Å². The lowest BCUT2D eigenvalue weighted by molar-refractivity contribution is 0.332. The second kappa shape index (κ2) is 4.24. The quantitative estimate of drug-likeness (QED) is 0.734. The average Bonchev–Trinajstić information content (AvgIpc) is 2.17. The summed E-state index contributed by atoms with van der Waals surface area (Å²) < 4.78 is 0. The molecule has 13 heavy (non-hydrogen) atoms. The highest BCUT2D eigenvalue weighted by molar-refractivity contribution is 5.66. The van der Waals surface area contributed by atoms with E-state index in [4.69, 9.17) is 5.11 Å². The molecule has 1 aromatic rings. The third-order valence-corrected chi connectivity index (χ3v) is 2.36. The van der Waals surface area contributed by atoms with Gasteiger partial charge in [-0.2, -0.15) is 0 Å². The molecule has 0 radical (unpaired) electrons. The summed E-state index contributed by atoms with van der Waals surface area (Å²) >= 11 is 0. The maximum atomic E-state index is 8.96. The molecule has 1 N–H and O–H groups in total. The summed E-state index contributed by atoms with van der Waals surface area (Å²) in [5.74, 6) is 0. The molecule has 1 aromatic carbocycles. The van der Waals surface area contributed by atoms with Crippen molar-refractivity contribution in [2.24, 2.45) is 0 Å². The van der Waals surface area contributed by atoms with Gasteiger partial charge in [0, 0.05) is 0 Å². The monoisotopic (exact) mass is 176 g/mol. The van der Waals surface area contributed by atoms with Gasteiger partial charge in [-0.1, -0.05) is 29.8 Å². The van der Waals surface area contributed by atoms with E-state index in [0.29, 0.717) is 0 Å². The zero-order chi connectivity index (χ0) is 9.84. The van der Waals surface area contributed by atoms with Crippen LogP contribution < -0.4 is 0 Å². The maximum absolute atomic E-state index is 8.96. The van der Waals surface area contributed by atoms with Gasteiger partial charge in [0.15, 0.2) is 0 Å². The topological polar surface area (TPSA) is 20.2 Å². The second-order valence-electron chi connectivity index (χ2n) is 3.43. The molecule has 0 saturated carbocycles. The minimum absolute atomic E-state index is 0.139. The molecule has 0 aliphatic rings. The highest BCUT2D eigenvalue weighted by atomic mass is 16.3. The van der Waals surface area contributed by atoms with Gasteiger partial charge in [0.2, 0.25) is 0 Å². The van der Waals surface area contributed by atoms with Crippen LogP contribution in [0.1, 0.15) is 25.0 Å². The van der Waals surface area contributed by atoms with Crippen LogP contribution in [0.25, 0.3) is 5.57 Å². The van der Waals surface area contributed by atoms with Crippen LogP contribution in [0.2, 0.25) is 0 Å². The van der Waals surface area contributed by atoms with Crippen molar-refractivity contribution < 1.29 is 5.11 Å². The van der Waals surface area contributed by atoms with E-state index in [9.17, 15) is 0 Å². The third-order valence-electron chi connectivity index (χ3n) is 2.36. The molecule has 0 aliphatic carbocycles. The summed E-state index contributed by atoms with van der Waals surface area (Å²) in [6.07, 6.45) is 0. The van der Waals surface area contributed by atoms with Gasteiger partial charge >= 0.3 is 0 Å². The number of hydrogen-bond acceptors (Lipinski definition) is 1. The Labute approximate surface area is 79.7 Å². The fourth-order valence-corrected chi connectivity index (χ4v) is 1.17. The fraction of sp³-hybridized carbons (Fsp3) is 0.333. The number of benzene rings is 1. The van der Waals surface area contributed by atoms with E-state index in [1.807, 2.05) is 13.8 Å². The van der Waals surface area contributed by atoms with Crippen molar-refractivity contribution in [2.45, 2.75) is 20.8 Å². The number of rotatable bonds is 2. The molecule has 1 nitrogen and oxygen atoms in total. The molecule has 1 heteroatoms. The van der Waals surface area contributed by atoms with Crippen LogP contribution in [0, 0.1) is 6.92 Å². The van der Waals surface area contributed by atoms with E-state index in [0.717, 1.165) is 5.57 Å². The standard InChI is InChI=1S/C12H16O/c1-9-4-6-12(7-5-9)11(3)10(2)8-13/h4-7,13H,8H2,1-3H3/b11-10+. The SMILES string of the molecule is C/C(CO)=C(/C)c1ccc(C)cc1. The first-order valence-corrected chi connectivity index (χ1v) is 4.49. The Morgan fingerprint density at radius 3 is 2.15 bits per heavy atom. The number of allylic oxidation sites excluding steroid dienone is 1.